The molecule has 0 radical (unpaired) electrons. The van der Waals surface area contributed by atoms with Crippen LogP contribution in [0.15, 0.2) is 0 Å². The van der Waals surface area contributed by atoms with E-state index >= 15 is 0 Å². The normalized spacial score (nSPS) is 27.9. The Bertz CT molecular complexity index is 311. The second-order valence-corrected chi connectivity index (χ2v) is 7.22. The quantitative estimate of drug-likeness (QED) is 0.759. The van der Waals surface area contributed by atoms with E-state index in [1.807, 2.05) is 0 Å². The van der Waals surface area contributed by atoms with Crippen molar-refractivity contribution in [3.05, 3.63) is 0 Å². The van der Waals surface area contributed by atoms with E-state index in [4.69, 9.17) is 5.11 Å². The highest BCUT2D eigenvalue weighted by molar-refractivity contribution is 7.90. The maximum absolute atomic E-state index is 11.7. The van der Waals surface area contributed by atoms with Gasteiger partial charge in [0.15, 0.2) is 0 Å². The summed E-state index contributed by atoms with van der Waals surface area (Å²) in [6, 6.07) is 0.0106. The third kappa shape index (κ3) is 2.92. The largest absolute Gasteiger partial charge is 0.395 e. The van der Waals surface area contributed by atoms with E-state index in [1.165, 1.54) is 6.92 Å². The lowest BCUT2D eigenvalue weighted by atomic mass is 9.88. The summed E-state index contributed by atoms with van der Waals surface area (Å²) in [5, 5.41) is 8.13. The van der Waals surface area contributed by atoms with Gasteiger partial charge in [0.2, 0.25) is 10.0 Å². The minimum atomic E-state index is -3.36. The molecule has 0 spiro atoms. The van der Waals surface area contributed by atoms with E-state index in [9.17, 15) is 8.42 Å². The van der Waals surface area contributed by atoms with E-state index in [0.29, 0.717) is 0 Å². The van der Waals surface area contributed by atoms with Crippen LogP contribution in [-0.4, -0.2) is 31.4 Å². The number of aliphatic hydroxyl groups is 1. The van der Waals surface area contributed by atoms with Crippen molar-refractivity contribution in [2.24, 2.45) is 5.41 Å². The molecular formula is C10H21NO3S. The third-order valence-corrected chi connectivity index (χ3v) is 5.17. The minimum absolute atomic E-state index is 0.0106. The van der Waals surface area contributed by atoms with Gasteiger partial charge in [-0.05, 0) is 25.2 Å². The standard InChI is InChI=1S/C10H21NO3S/c1-8(7-12)15(13,14)11-9-5-4-6-10(9,2)3/h8-9,11-12H,4-7H2,1-3H3. The van der Waals surface area contributed by atoms with Gasteiger partial charge >= 0.3 is 0 Å². The molecule has 5 heteroatoms. The van der Waals surface area contributed by atoms with Crippen LogP contribution in [0.4, 0.5) is 0 Å². The molecule has 90 valence electrons. The lowest BCUT2D eigenvalue weighted by Crippen LogP contribution is -2.45. The highest BCUT2D eigenvalue weighted by atomic mass is 32.2. The van der Waals surface area contributed by atoms with E-state index < -0.39 is 15.3 Å². The maximum atomic E-state index is 11.7. The van der Waals surface area contributed by atoms with Crippen molar-refractivity contribution < 1.29 is 13.5 Å². The predicted molar refractivity (Wildman–Crippen MR) is 60.0 cm³/mol. The van der Waals surface area contributed by atoms with Crippen molar-refractivity contribution in [3.8, 4) is 0 Å². The first-order chi connectivity index (χ1) is 6.79. The van der Waals surface area contributed by atoms with Gasteiger partial charge in [-0.2, -0.15) is 0 Å². The molecule has 1 aliphatic carbocycles. The Kier molecular flexibility index (Phi) is 3.79. The molecule has 0 saturated heterocycles. The molecule has 0 heterocycles. The molecule has 1 fully saturated rings. The van der Waals surface area contributed by atoms with Crippen LogP contribution >= 0.6 is 0 Å². The molecule has 4 nitrogen and oxygen atoms in total. The van der Waals surface area contributed by atoms with Gasteiger partial charge in [0.05, 0.1) is 11.9 Å². The molecule has 0 aromatic carbocycles. The number of nitrogens with one attached hydrogen (secondary N) is 1. The number of rotatable bonds is 4. The lowest BCUT2D eigenvalue weighted by Gasteiger charge is -2.28. The van der Waals surface area contributed by atoms with Crippen LogP contribution in [-0.2, 0) is 10.0 Å². The fourth-order valence-electron chi connectivity index (χ4n) is 1.96. The van der Waals surface area contributed by atoms with Crippen LogP contribution in [0.5, 0.6) is 0 Å². The second-order valence-electron chi connectivity index (χ2n) is 5.09. The Labute approximate surface area is 92.1 Å². The van der Waals surface area contributed by atoms with Crippen molar-refractivity contribution in [1.29, 1.82) is 0 Å². The lowest BCUT2D eigenvalue weighted by molar-refractivity contribution is 0.288. The van der Waals surface area contributed by atoms with E-state index in [2.05, 4.69) is 18.6 Å². The summed E-state index contributed by atoms with van der Waals surface area (Å²) in [6.07, 6.45) is 3.01. The fourth-order valence-corrected chi connectivity index (χ4v) is 3.22. The van der Waals surface area contributed by atoms with Crippen LogP contribution in [0.2, 0.25) is 0 Å². The van der Waals surface area contributed by atoms with Gasteiger partial charge in [0.25, 0.3) is 0 Å². The van der Waals surface area contributed by atoms with Crippen molar-refractivity contribution >= 4 is 10.0 Å². The van der Waals surface area contributed by atoms with E-state index in [-0.39, 0.29) is 18.1 Å². The van der Waals surface area contributed by atoms with Crippen LogP contribution in [0.1, 0.15) is 40.0 Å². The summed E-state index contributed by atoms with van der Waals surface area (Å²) in [5.41, 5.74) is 0.0300. The highest BCUT2D eigenvalue weighted by Gasteiger charge is 2.37. The average molecular weight is 235 g/mol. The molecule has 0 aromatic heterocycles. The summed E-state index contributed by atoms with van der Waals surface area (Å²) in [7, 11) is -3.36. The van der Waals surface area contributed by atoms with Crippen molar-refractivity contribution in [2.45, 2.75) is 51.3 Å². The first kappa shape index (κ1) is 12.9. The molecule has 0 bridgehead atoms. The maximum Gasteiger partial charge on any atom is 0.216 e. The topological polar surface area (TPSA) is 66.4 Å². The van der Waals surface area contributed by atoms with Crippen molar-refractivity contribution in [1.82, 2.24) is 4.72 Å². The summed E-state index contributed by atoms with van der Waals surface area (Å²) in [6.45, 7) is 5.35. The summed E-state index contributed by atoms with van der Waals surface area (Å²) < 4.78 is 26.2. The zero-order valence-electron chi connectivity index (χ0n) is 9.66. The van der Waals surface area contributed by atoms with Gasteiger partial charge in [-0.3, -0.25) is 0 Å². The van der Waals surface area contributed by atoms with Gasteiger partial charge in [-0.1, -0.05) is 20.3 Å². The van der Waals surface area contributed by atoms with Gasteiger partial charge in [-0.25, -0.2) is 13.1 Å². The average Bonchev–Trinajstić information content (AvgIpc) is 2.44. The van der Waals surface area contributed by atoms with Crippen molar-refractivity contribution in [3.63, 3.8) is 0 Å². The SMILES string of the molecule is CC(CO)S(=O)(=O)NC1CCCC1(C)C. The number of hydrogen-bond donors (Lipinski definition) is 2. The number of aliphatic hydroxyl groups excluding tert-OH is 1. The van der Waals surface area contributed by atoms with Crippen LogP contribution in [0.25, 0.3) is 0 Å². The molecule has 0 aliphatic heterocycles. The summed E-state index contributed by atoms with van der Waals surface area (Å²) in [4.78, 5) is 0. The molecule has 2 N–H and O–H groups in total. The van der Waals surface area contributed by atoms with E-state index in [0.717, 1.165) is 19.3 Å². The van der Waals surface area contributed by atoms with Crippen LogP contribution in [0.3, 0.4) is 0 Å². The summed E-state index contributed by atoms with van der Waals surface area (Å²) in [5.74, 6) is 0. The summed E-state index contributed by atoms with van der Waals surface area (Å²) >= 11 is 0. The number of hydrogen-bond acceptors (Lipinski definition) is 3. The molecule has 1 rings (SSSR count). The minimum Gasteiger partial charge on any atom is -0.395 e. The van der Waals surface area contributed by atoms with Gasteiger partial charge < -0.3 is 5.11 Å². The Hall–Kier alpha value is -0.130. The highest BCUT2D eigenvalue weighted by Crippen LogP contribution is 2.37. The Morgan fingerprint density at radius 1 is 1.53 bits per heavy atom. The van der Waals surface area contributed by atoms with Crippen LogP contribution < -0.4 is 4.72 Å². The molecule has 15 heavy (non-hydrogen) atoms. The zero-order chi connectivity index (χ0) is 11.7. The van der Waals surface area contributed by atoms with Gasteiger partial charge in [0, 0.05) is 6.04 Å². The molecule has 1 aliphatic rings. The van der Waals surface area contributed by atoms with Gasteiger partial charge in [-0.15, -0.1) is 0 Å². The second kappa shape index (κ2) is 4.39. The van der Waals surface area contributed by atoms with Crippen LogP contribution in [0, 0.1) is 5.41 Å². The molecule has 2 atom stereocenters. The fraction of sp³-hybridized carbons (Fsp3) is 1.00. The molecule has 0 amide bonds. The monoisotopic (exact) mass is 235 g/mol. The first-order valence-electron chi connectivity index (χ1n) is 5.41. The molecule has 1 saturated carbocycles. The predicted octanol–water partition coefficient (Wildman–Crippen LogP) is 0.865. The zero-order valence-corrected chi connectivity index (χ0v) is 10.5. The van der Waals surface area contributed by atoms with Gasteiger partial charge in [0.1, 0.15) is 0 Å². The smallest absolute Gasteiger partial charge is 0.216 e. The molecule has 2 unspecified atom stereocenters. The van der Waals surface area contributed by atoms with E-state index in [1.54, 1.807) is 0 Å². The Balaban J connectivity index is 2.70. The van der Waals surface area contributed by atoms with Crippen molar-refractivity contribution in [2.75, 3.05) is 6.61 Å². The molecular weight excluding hydrogens is 214 g/mol. The third-order valence-electron chi connectivity index (χ3n) is 3.35. The Morgan fingerprint density at radius 2 is 2.13 bits per heavy atom. The molecule has 0 aromatic rings. The first-order valence-corrected chi connectivity index (χ1v) is 6.96. The Morgan fingerprint density at radius 3 is 2.53 bits per heavy atom. The number of sulfonamides is 1.